The SMILES string of the molecule is CC(O)CSc1nc(N)c(C#N)c(-c2ccc3c(c2)OC(C)(C)O3)c1C#N. The zero-order chi connectivity index (χ0) is 19.8. The van der Waals surface area contributed by atoms with Crippen molar-refractivity contribution in [1.29, 1.82) is 10.5 Å². The molecule has 1 unspecified atom stereocenters. The number of rotatable bonds is 4. The number of aliphatic hydroxyl groups is 1. The molecule has 0 bridgehead atoms. The average molecular weight is 382 g/mol. The van der Waals surface area contributed by atoms with E-state index in [0.717, 1.165) is 0 Å². The largest absolute Gasteiger partial charge is 0.449 e. The molecule has 2 heterocycles. The molecule has 0 saturated heterocycles. The second-order valence-corrected chi connectivity index (χ2v) is 7.59. The van der Waals surface area contributed by atoms with E-state index in [0.29, 0.717) is 33.4 Å². The highest BCUT2D eigenvalue weighted by Crippen LogP contribution is 2.44. The van der Waals surface area contributed by atoms with Gasteiger partial charge in [-0.3, -0.25) is 0 Å². The van der Waals surface area contributed by atoms with Gasteiger partial charge in [-0.2, -0.15) is 10.5 Å². The van der Waals surface area contributed by atoms with Crippen molar-refractivity contribution < 1.29 is 14.6 Å². The van der Waals surface area contributed by atoms with E-state index in [9.17, 15) is 15.6 Å². The molecule has 0 amide bonds. The Morgan fingerprint density at radius 2 is 1.89 bits per heavy atom. The van der Waals surface area contributed by atoms with Gasteiger partial charge in [-0.25, -0.2) is 4.98 Å². The number of nitrogens with two attached hydrogens (primary N) is 1. The smallest absolute Gasteiger partial charge is 0.246 e. The lowest BCUT2D eigenvalue weighted by atomic mass is 9.96. The van der Waals surface area contributed by atoms with Gasteiger partial charge in [0.05, 0.1) is 11.7 Å². The number of thioether (sulfide) groups is 1. The highest BCUT2D eigenvalue weighted by atomic mass is 32.2. The highest BCUT2D eigenvalue weighted by Gasteiger charge is 2.32. The Balaban J connectivity index is 2.18. The van der Waals surface area contributed by atoms with E-state index in [1.54, 1.807) is 39.0 Å². The Labute approximate surface area is 161 Å². The van der Waals surface area contributed by atoms with Crippen LogP contribution in [0.1, 0.15) is 31.9 Å². The van der Waals surface area contributed by atoms with Crippen LogP contribution in [0, 0.1) is 22.7 Å². The lowest BCUT2D eigenvalue weighted by molar-refractivity contribution is -0.0431. The summed E-state index contributed by atoms with van der Waals surface area (Å²) in [7, 11) is 0. The highest BCUT2D eigenvalue weighted by molar-refractivity contribution is 7.99. The molecule has 1 atom stereocenters. The van der Waals surface area contributed by atoms with Crippen molar-refractivity contribution >= 4 is 17.6 Å². The summed E-state index contributed by atoms with van der Waals surface area (Å²) < 4.78 is 11.5. The Morgan fingerprint density at radius 3 is 2.52 bits per heavy atom. The lowest BCUT2D eigenvalue weighted by Gasteiger charge is -2.16. The van der Waals surface area contributed by atoms with Crippen molar-refractivity contribution in [2.75, 3.05) is 11.5 Å². The monoisotopic (exact) mass is 382 g/mol. The van der Waals surface area contributed by atoms with Gasteiger partial charge in [-0.15, -0.1) is 11.8 Å². The number of aromatic nitrogens is 1. The third-order valence-electron chi connectivity index (χ3n) is 3.82. The summed E-state index contributed by atoms with van der Waals surface area (Å²) >= 11 is 1.22. The first-order valence-corrected chi connectivity index (χ1v) is 9.21. The van der Waals surface area contributed by atoms with Crippen LogP contribution in [0.25, 0.3) is 11.1 Å². The van der Waals surface area contributed by atoms with Crippen molar-refractivity contribution in [3.05, 3.63) is 29.3 Å². The quantitative estimate of drug-likeness (QED) is 0.773. The van der Waals surface area contributed by atoms with Crippen LogP contribution in [0.4, 0.5) is 5.82 Å². The minimum absolute atomic E-state index is 0.0394. The maximum Gasteiger partial charge on any atom is 0.246 e. The van der Waals surface area contributed by atoms with E-state index < -0.39 is 11.9 Å². The van der Waals surface area contributed by atoms with Crippen molar-refractivity contribution in [3.63, 3.8) is 0 Å². The third kappa shape index (κ3) is 3.63. The molecule has 3 rings (SSSR count). The molecule has 0 saturated carbocycles. The van der Waals surface area contributed by atoms with E-state index in [2.05, 4.69) is 11.1 Å². The van der Waals surface area contributed by atoms with Gasteiger partial charge in [0.15, 0.2) is 11.5 Å². The number of benzene rings is 1. The molecule has 27 heavy (non-hydrogen) atoms. The fourth-order valence-electron chi connectivity index (χ4n) is 2.77. The van der Waals surface area contributed by atoms with Crippen LogP contribution in [-0.2, 0) is 0 Å². The molecule has 1 aromatic carbocycles. The van der Waals surface area contributed by atoms with Gasteiger partial charge >= 0.3 is 0 Å². The van der Waals surface area contributed by atoms with Crippen LogP contribution in [0.5, 0.6) is 11.5 Å². The van der Waals surface area contributed by atoms with E-state index >= 15 is 0 Å². The molecule has 0 aliphatic carbocycles. The first kappa shape index (κ1) is 18.8. The van der Waals surface area contributed by atoms with E-state index in [4.69, 9.17) is 15.2 Å². The van der Waals surface area contributed by atoms with Crippen LogP contribution in [0.2, 0.25) is 0 Å². The summed E-state index contributed by atoms with van der Waals surface area (Å²) in [5.74, 6) is 0.719. The third-order valence-corrected chi connectivity index (χ3v) is 5.04. The molecule has 3 N–H and O–H groups in total. The van der Waals surface area contributed by atoms with E-state index in [1.807, 2.05) is 6.07 Å². The topological polar surface area (TPSA) is 125 Å². The number of nitriles is 2. The van der Waals surface area contributed by atoms with Crippen LogP contribution in [0.15, 0.2) is 23.2 Å². The summed E-state index contributed by atoms with van der Waals surface area (Å²) in [6.07, 6.45) is -0.573. The number of pyridine rings is 1. The lowest BCUT2D eigenvalue weighted by Crippen LogP contribution is -2.29. The molecule has 2 aromatic rings. The second-order valence-electron chi connectivity index (χ2n) is 6.58. The number of hydrogen-bond acceptors (Lipinski definition) is 8. The zero-order valence-electron chi connectivity index (χ0n) is 15.1. The molecule has 8 heteroatoms. The second kappa shape index (κ2) is 6.99. The number of nitrogens with zero attached hydrogens (tertiary/aromatic N) is 3. The molecule has 0 fully saturated rings. The fraction of sp³-hybridized carbons (Fsp3) is 0.316. The normalized spacial score (nSPS) is 15.0. The van der Waals surface area contributed by atoms with Crippen LogP contribution < -0.4 is 15.2 Å². The van der Waals surface area contributed by atoms with Crippen molar-refractivity contribution in [1.82, 2.24) is 4.98 Å². The molecule has 0 radical (unpaired) electrons. The summed E-state index contributed by atoms with van der Waals surface area (Å²) in [4.78, 5) is 4.20. The number of fused-ring (bicyclic) bond motifs is 1. The minimum atomic E-state index is -0.785. The van der Waals surface area contributed by atoms with Gasteiger partial charge in [-0.1, -0.05) is 6.07 Å². The summed E-state index contributed by atoms with van der Waals surface area (Å²) in [6, 6.07) is 9.39. The molecule has 1 aliphatic heterocycles. The Morgan fingerprint density at radius 1 is 1.22 bits per heavy atom. The maximum atomic E-state index is 9.74. The average Bonchev–Trinajstić information content (AvgIpc) is 2.91. The Hall–Kier alpha value is -2.94. The summed E-state index contributed by atoms with van der Waals surface area (Å²) in [6.45, 7) is 5.24. The first-order chi connectivity index (χ1) is 12.8. The van der Waals surface area contributed by atoms with Gasteiger partial charge in [0, 0.05) is 25.2 Å². The standard InChI is InChI=1S/C19H18N4O3S/c1-10(24)9-27-18-13(8-21)16(12(7-20)17(22)23-18)11-4-5-14-15(6-11)26-19(2,3)25-14/h4-6,10,24H,9H2,1-3H3,(H2,22,23). The number of aliphatic hydroxyl groups excluding tert-OH is 1. The Bertz CT molecular complexity index is 990. The number of hydrogen-bond donors (Lipinski definition) is 2. The van der Waals surface area contributed by atoms with E-state index in [-0.39, 0.29) is 16.9 Å². The molecule has 138 valence electrons. The predicted octanol–water partition coefficient (Wildman–Crippen LogP) is 3.05. The fourth-order valence-corrected chi connectivity index (χ4v) is 3.62. The Kier molecular flexibility index (Phi) is 4.88. The van der Waals surface area contributed by atoms with Crippen molar-refractivity contribution in [2.24, 2.45) is 0 Å². The van der Waals surface area contributed by atoms with Crippen LogP contribution in [0.3, 0.4) is 0 Å². The zero-order valence-corrected chi connectivity index (χ0v) is 15.9. The first-order valence-electron chi connectivity index (χ1n) is 8.22. The predicted molar refractivity (Wildman–Crippen MR) is 101 cm³/mol. The maximum absolute atomic E-state index is 9.74. The van der Waals surface area contributed by atoms with Gasteiger partial charge in [0.1, 0.15) is 28.5 Å². The summed E-state index contributed by atoms with van der Waals surface area (Å²) in [5.41, 5.74) is 7.36. The molecule has 0 spiro atoms. The molecule has 7 nitrogen and oxygen atoms in total. The van der Waals surface area contributed by atoms with Crippen LogP contribution in [-0.4, -0.2) is 27.7 Å². The number of anilines is 1. The molecular formula is C19H18N4O3S. The van der Waals surface area contributed by atoms with Gasteiger partial charge < -0.3 is 20.3 Å². The van der Waals surface area contributed by atoms with E-state index in [1.165, 1.54) is 11.8 Å². The van der Waals surface area contributed by atoms with Crippen molar-refractivity contribution in [2.45, 2.75) is 37.7 Å². The van der Waals surface area contributed by atoms with Crippen molar-refractivity contribution in [3.8, 4) is 34.8 Å². The number of nitrogen functional groups attached to an aromatic ring is 1. The molecule has 1 aliphatic rings. The van der Waals surface area contributed by atoms with Crippen LogP contribution >= 0.6 is 11.8 Å². The number of ether oxygens (including phenoxy) is 2. The summed E-state index contributed by atoms with van der Waals surface area (Å²) in [5, 5.41) is 29.2. The van der Waals surface area contributed by atoms with Gasteiger partial charge in [0.25, 0.3) is 0 Å². The van der Waals surface area contributed by atoms with Gasteiger partial charge in [-0.05, 0) is 24.6 Å². The molecular weight excluding hydrogens is 364 g/mol. The molecule has 1 aromatic heterocycles. The minimum Gasteiger partial charge on any atom is -0.449 e. The van der Waals surface area contributed by atoms with Gasteiger partial charge in [0.2, 0.25) is 5.79 Å².